The van der Waals surface area contributed by atoms with Gasteiger partial charge in [-0.2, -0.15) is 0 Å². The molecule has 0 bridgehead atoms. The number of nitrogens with zero attached hydrogens (tertiary/aromatic N) is 2. The zero-order chi connectivity index (χ0) is 20.1. The number of benzene rings is 1. The lowest BCUT2D eigenvalue weighted by molar-refractivity contribution is 0.0941. The van der Waals surface area contributed by atoms with Crippen molar-refractivity contribution in [2.45, 2.75) is 26.8 Å². The highest BCUT2D eigenvalue weighted by Gasteiger charge is 2.21. The van der Waals surface area contributed by atoms with Crippen LogP contribution < -0.4 is 10.6 Å². The predicted molar refractivity (Wildman–Crippen MR) is 105 cm³/mol. The van der Waals surface area contributed by atoms with Crippen molar-refractivity contribution in [1.82, 2.24) is 20.0 Å². The van der Waals surface area contributed by atoms with Gasteiger partial charge in [0.25, 0.3) is 11.8 Å². The molecule has 3 aromatic rings. The summed E-state index contributed by atoms with van der Waals surface area (Å²) in [6.45, 7) is 4.95. The molecule has 6 nitrogen and oxygen atoms in total. The zero-order valence-electron chi connectivity index (χ0n) is 15.9. The van der Waals surface area contributed by atoms with Gasteiger partial charge in [-0.05, 0) is 42.2 Å². The number of hydrogen-bond donors (Lipinski definition) is 2. The smallest absolute Gasteiger partial charge is 0.287 e. The number of pyridine rings is 1. The van der Waals surface area contributed by atoms with E-state index in [0.29, 0.717) is 18.0 Å². The van der Waals surface area contributed by atoms with E-state index in [0.717, 1.165) is 12.0 Å². The van der Waals surface area contributed by atoms with Crippen LogP contribution in [0.1, 0.15) is 46.9 Å². The van der Waals surface area contributed by atoms with Crippen molar-refractivity contribution in [3.63, 3.8) is 0 Å². The summed E-state index contributed by atoms with van der Waals surface area (Å²) in [5.74, 6) is -0.395. The van der Waals surface area contributed by atoms with E-state index < -0.39 is 5.91 Å². The number of imidazole rings is 1. The summed E-state index contributed by atoms with van der Waals surface area (Å²) >= 11 is 0. The number of amides is 2. The van der Waals surface area contributed by atoms with Crippen molar-refractivity contribution in [2.24, 2.45) is 5.92 Å². The molecular weight excluding hydrogens is 359 g/mol. The molecule has 0 fully saturated rings. The predicted octanol–water partition coefficient (Wildman–Crippen LogP) is 3.18. The zero-order valence-corrected chi connectivity index (χ0v) is 15.9. The molecule has 2 heterocycles. The van der Waals surface area contributed by atoms with Crippen molar-refractivity contribution in [1.29, 1.82) is 0 Å². The minimum absolute atomic E-state index is 0.172. The molecule has 0 saturated carbocycles. The van der Waals surface area contributed by atoms with E-state index in [1.807, 2.05) is 0 Å². The number of nitrogens with one attached hydrogen (secondary N) is 2. The van der Waals surface area contributed by atoms with Crippen molar-refractivity contribution in [2.75, 3.05) is 6.54 Å². The van der Waals surface area contributed by atoms with Crippen LogP contribution in [0.2, 0.25) is 0 Å². The van der Waals surface area contributed by atoms with Gasteiger partial charge in [0.15, 0.2) is 5.69 Å². The van der Waals surface area contributed by atoms with Crippen LogP contribution in [-0.2, 0) is 6.54 Å². The Morgan fingerprint density at radius 3 is 2.54 bits per heavy atom. The van der Waals surface area contributed by atoms with Crippen molar-refractivity contribution in [3.8, 4) is 0 Å². The van der Waals surface area contributed by atoms with Crippen LogP contribution in [0.3, 0.4) is 0 Å². The number of aromatic nitrogens is 2. The van der Waals surface area contributed by atoms with Crippen LogP contribution in [-0.4, -0.2) is 27.7 Å². The van der Waals surface area contributed by atoms with Crippen LogP contribution in [0.5, 0.6) is 0 Å². The van der Waals surface area contributed by atoms with Gasteiger partial charge in [-0.25, -0.2) is 9.37 Å². The summed E-state index contributed by atoms with van der Waals surface area (Å²) in [6.07, 6.45) is 2.57. The van der Waals surface area contributed by atoms with Gasteiger partial charge in [0, 0.05) is 19.3 Å². The van der Waals surface area contributed by atoms with E-state index in [2.05, 4.69) is 29.5 Å². The van der Waals surface area contributed by atoms with E-state index >= 15 is 0 Å². The highest BCUT2D eigenvalue weighted by atomic mass is 19.1. The van der Waals surface area contributed by atoms with Crippen LogP contribution in [0, 0.1) is 11.7 Å². The first-order valence-electron chi connectivity index (χ1n) is 9.23. The summed E-state index contributed by atoms with van der Waals surface area (Å²) in [6, 6.07) is 11.2. The Labute approximate surface area is 162 Å². The van der Waals surface area contributed by atoms with Gasteiger partial charge < -0.3 is 10.6 Å². The van der Waals surface area contributed by atoms with Crippen molar-refractivity contribution < 1.29 is 14.0 Å². The van der Waals surface area contributed by atoms with Gasteiger partial charge in [0.05, 0.1) is 5.52 Å². The molecule has 2 aromatic heterocycles. The summed E-state index contributed by atoms with van der Waals surface area (Å²) < 4.78 is 14.6. The molecule has 0 aliphatic heterocycles. The number of halogens is 1. The van der Waals surface area contributed by atoms with Gasteiger partial charge in [0.2, 0.25) is 5.82 Å². The average molecular weight is 382 g/mol. The molecule has 0 aliphatic carbocycles. The fraction of sp³-hybridized carbons (Fsp3) is 0.286. The van der Waals surface area contributed by atoms with Gasteiger partial charge in [-0.1, -0.05) is 32.0 Å². The largest absolute Gasteiger partial charge is 0.349 e. The maximum Gasteiger partial charge on any atom is 0.287 e. The van der Waals surface area contributed by atoms with E-state index in [4.69, 9.17) is 0 Å². The first kappa shape index (κ1) is 19.5. The average Bonchev–Trinajstić information content (AvgIpc) is 3.07. The molecule has 0 spiro atoms. The van der Waals surface area contributed by atoms with Gasteiger partial charge in [0.1, 0.15) is 5.82 Å². The van der Waals surface area contributed by atoms with E-state index in [1.54, 1.807) is 40.9 Å². The molecule has 1 aromatic carbocycles. The third kappa shape index (κ3) is 4.54. The SMILES string of the molecule is CC(C)CCNC(=O)c1nc(C(=O)NCc2ccc(F)cc2)c2ccccn12. The Morgan fingerprint density at radius 2 is 1.82 bits per heavy atom. The van der Waals surface area contributed by atoms with Gasteiger partial charge >= 0.3 is 0 Å². The number of carbonyl (C=O) groups is 2. The number of rotatable bonds is 7. The summed E-state index contributed by atoms with van der Waals surface area (Å²) in [5.41, 5.74) is 1.50. The Bertz CT molecular complexity index is 980. The molecule has 3 rings (SSSR count). The molecule has 0 radical (unpaired) electrons. The molecule has 146 valence electrons. The lowest BCUT2D eigenvalue weighted by atomic mass is 10.1. The highest BCUT2D eigenvalue weighted by molar-refractivity contribution is 6.02. The van der Waals surface area contributed by atoms with Crippen LogP contribution in [0.4, 0.5) is 4.39 Å². The number of hydrogen-bond acceptors (Lipinski definition) is 3. The third-order valence-electron chi connectivity index (χ3n) is 4.34. The summed E-state index contributed by atoms with van der Waals surface area (Å²) in [4.78, 5) is 29.5. The van der Waals surface area contributed by atoms with Gasteiger partial charge in [-0.3, -0.25) is 14.0 Å². The van der Waals surface area contributed by atoms with Crippen LogP contribution in [0.15, 0.2) is 48.7 Å². The lowest BCUT2D eigenvalue weighted by Crippen LogP contribution is -2.27. The van der Waals surface area contributed by atoms with E-state index in [1.165, 1.54) is 12.1 Å². The highest BCUT2D eigenvalue weighted by Crippen LogP contribution is 2.14. The fourth-order valence-electron chi connectivity index (χ4n) is 2.79. The minimum atomic E-state index is -0.394. The molecule has 0 atom stereocenters. The Kier molecular flexibility index (Phi) is 6.03. The van der Waals surface area contributed by atoms with E-state index in [-0.39, 0.29) is 29.8 Å². The molecule has 7 heteroatoms. The Hall–Kier alpha value is -3.22. The molecule has 0 saturated heterocycles. The normalized spacial score (nSPS) is 11.0. The molecule has 2 amide bonds. The number of fused-ring (bicyclic) bond motifs is 1. The number of carbonyl (C=O) groups excluding carboxylic acids is 2. The first-order chi connectivity index (χ1) is 13.5. The topological polar surface area (TPSA) is 75.5 Å². The molecule has 0 aliphatic rings. The molecule has 2 N–H and O–H groups in total. The van der Waals surface area contributed by atoms with Crippen LogP contribution >= 0.6 is 0 Å². The second-order valence-electron chi connectivity index (χ2n) is 6.99. The standard InChI is InChI=1S/C21H23FN4O2/c1-14(2)10-11-23-21(28)19-25-18(17-5-3-4-12-26(17)19)20(27)24-13-15-6-8-16(22)9-7-15/h3-9,12,14H,10-11,13H2,1-2H3,(H,23,28)(H,24,27). The monoisotopic (exact) mass is 382 g/mol. The second kappa shape index (κ2) is 8.65. The second-order valence-corrected chi connectivity index (χ2v) is 6.99. The molecule has 0 unspecified atom stereocenters. The minimum Gasteiger partial charge on any atom is -0.349 e. The first-order valence-corrected chi connectivity index (χ1v) is 9.23. The maximum atomic E-state index is 13.0. The maximum absolute atomic E-state index is 13.0. The summed E-state index contributed by atoms with van der Waals surface area (Å²) in [7, 11) is 0. The quantitative estimate of drug-likeness (QED) is 0.659. The fourth-order valence-corrected chi connectivity index (χ4v) is 2.79. The van der Waals surface area contributed by atoms with Crippen molar-refractivity contribution >= 4 is 17.3 Å². The summed E-state index contributed by atoms with van der Waals surface area (Å²) in [5, 5.41) is 5.62. The van der Waals surface area contributed by atoms with Crippen LogP contribution in [0.25, 0.3) is 5.52 Å². The van der Waals surface area contributed by atoms with Crippen molar-refractivity contribution in [3.05, 3.63) is 71.6 Å². The molecule has 28 heavy (non-hydrogen) atoms. The lowest BCUT2D eigenvalue weighted by Gasteiger charge is -2.06. The Morgan fingerprint density at radius 1 is 1.07 bits per heavy atom. The molecular formula is C21H23FN4O2. The third-order valence-corrected chi connectivity index (χ3v) is 4.34. The van der Waals surface area contributed by atoms with Gasteiger partial charge in [-0.15, -0.1) is 0 Å². The Balaban J connectivity index is 1.78. The van der Waals surface area contributed by atoms with E-state index in [9.17, 15) is 14.0 Å².